The van der Waals surface area contributed by atoms with Gasteiger partial charge in [-0.2, -0.15) is 0 Å². The average molecular weight is 302 g/mol. The van der Waals surface area contributed by atoms with Crippen molar-refractivity contribution in [3.8, 4) is 0 Å². The van der Waals surface area contributed by atoms with Crippen molar-refractivity contribution in [1.29, 1.82) is 0 Å². The fourth-order valence-electron chi connectivity index (χ4n) is 1.40. The summed E-state index contributed by atoms with van der Waals surface area (Å²) in [7, 11) is 0. The van der Waals surface area contributed by atoms with Gasteiger partial charge in [-0.3, -0.25) is 4.79 Å². The fraction of sp³-hybridized carbons (Fsp3) is 0.357. The molecule has 1 amide bonds. The molecule has 0 saturated carbocycles. The molecule has 0 aliphatic heterocycles. The third kappa shape index (κ3) is 4.86. The van der Waals surface area contributed by atoms with Gasteiger partial charge in [0.2, 0.25) is 5.91 Å². The zero-order chi connectivity index (χ0) is 14.4. The number of hydrogen-bond donors (Lipinski definition) is 2. The number of nitrogens with one attached hydrogen (secondary N) is 1. The standard InChI is InChI=1S/C14H17Cl2NO2/c1-9(8-18)10(2)17-14(19)7-6-11-12(15)4-3-5-13(11)16/h3-7,9-10,18H,8H2,1-2H3,(H,17,19)/b7-6+. The Morgan fingerprint density at radius 3 is 2.47 bits per heavy atom. The molecule has 0 saturated heterocycles. The molecule has 0 aliphatic carbocycles. The summed E-state index contributed by atoms with van der Waals surface area (Å²) in [5.74, 6) is -0.245. The molecule has 1 rings (SSSR count). The van der Waals surface area contributed by atoms with Crippen LogP contribution in [0.4, 0.5) is 0 Å². The summed E-state index contributed by atoms with van der Waals surface area (Å²) >= 11 is 12.0. The molecular weight excluding hydrogens is 285 g/mol. The maximum atomic E-state index is 11.7. The van der Waals surface area contributed by atoms with Crippen LogP contribution in [0.15, 0.2) is 24.3 Å². The zero-order valence-electron chi connectivity index (χ0n) is 10.9. The molecule has 0 fully saturated rings. The summed E-state index contributed by atoms with van der Waals surface area (Å²) < 4.78 is 0. The van der Waals surface area contributed by atoms with Crippen LogP contribution in [-0.4, -0.2) is 23.7 Å². The van der Waals surface area contributed by atoms with E-state index < -0.39 is 0 Å². The van der Waals surface area contributed by atoms with Crippen LogP contribution < -0.4 is 5.32 Å². The molecule has 2 unspecified atom stereocenters. The van der Waals surface area contributed by atoms with E-state index in [9.17, 15) is 4.79 Å². The Kier molecular flexibility index (Phi) is 6.35. The lowest BCUT2D eigenvalue weighted by molar-refractivity contribution is -0.117. The second kappa shape index (κ2) is 7.53. The molecule has 19 heavy (non-hydrogen) atoms. The first-order valence-corrected chi connectivity index (χ1v) is 6.74. The Morgan fingerprint density at radius 2 is 1.95 bits per heavy atom. The van der Waals surface area contributed by atoms with Crippen LogP contribution in [0, 0.1) is 5.92 Å². The maximum Gasteiger partial charge on any atom is 0.244 e. The lowest BCUT2D eigenvalue weighted by atomic mass is 10.1. The minimum absolute atomic E-state index is 0.00116. The van der Waals surface area contributed by atoms with E-state index in [2.05, 4.69) is 5.32 Å². The first-order valence-electron chi connectivity index (χ1n) is 5.99. The monoisotopic (exact) mass is 301 g/mol. The predicted octanol–water partition coefficient (Wildman–Crippen LogP) is 3.14. The summed E-state index contributed by atoms with van der Waals surface area (Å²) in [4.78, 5) is 11.7. The Hall–Kier alpha value is -1.03. The van der Waals surface area contributed by atoms with Crippen LogP contribution in [0.1, 0.15) is 19.4 Å². The van der Waals surface area contributed by atoms with Crippen molar-refractivity contribution in [2.24, 2.45) is 5.92 Å². The molecule has 104 valence electrons. The van der Waals surface area contributed by atoms with Gasteiger partial charge in [0, 0.05) is 34.3 Å². The quantitative estimate of drug-likeness (QED) is 0.821. The van der Waals surface area contributed by atoms with Crippen LogP contribution >= 0.6 is 23.2 Å². The molecular formula is C14H17Cl2NO2. The van der Waals surface area contributed by atoms with Crippen molar-refractivity contribution in [2.45, 2.75) is 19.9 Å². The van der Waals surface area contributed by atoms with E-state index in [1.807, 2.05) is 13.8 Å². The Labute approximate surface area is 123 Å². The molecule has 0 aliphatic rings. The molecule has 5 heteroatoms. The SMILES string of the molecule is CC(CO)C(C)NC(=O)/C=C/c1c(Cl)cccc1Cl. The highest BCUT2D eigenvalue weighted by atomic mass is 35.5. The van der Waals surface area contributed by atoms with Gasteiger partial charge in [0.05, 0.1) is 0 Å². The van der Waals surface area contributed by atoms with Crippen LogP contribution in [-0.2, 0) is 4.79 Å². The van der Waals surface area contributed by atoms with Crippen molar-refractivity contribution < 1.29 is 9.90 Å². The van der Waals surface area contributed by atoms with E-state index >= 15 is 0 Å². The van der Waals surface area contributed by atoms with Gasteiger partial charge in [-0.25, -0.2) is 0 Å². The minimum Gasteiger partial charge on any atom is -0.396 e. The summed E-state index contributed by atoms with van der Waals surface area (Å²) in [5, 5.41) is 12.8. The summed E-state index contributed by atoms with van der Waals surface area (Å²) in [6.07, 6.45) is 2.96. The molecule has 0 heterocycles. The topological polar surface area (TPSA) is 49.3 Å². The number of carbonyl (C=O) groups is 1. The van der Waals surface area contributed by atoms with Gasteiger partial charge in [-0.1, -0.05) is 36.2 Å². The third-order valence-corrected chi connectivity index (χ3v) is 3.57. The van der Waals surface area contributed by atoms with Gasteiger partial charge in [-0.15, -0.1) is 0 Å². The van der Waals surface area contributed by atoms with E-state index in [4.69, 9.17) is 28.3 Å². The number of amides is 1. The molecule has 1 aromatic rings. The Bertz CT molecular complexity index is 454. The van der Waals surface area contributed by atoms with Crippen LogP contribution in [0.3, 0.4) is 0 Å². The highest BCUT2D eigenvalue weighted by Gasteiger charge is 2.12. The second-order valence-electron chi connectivity index (χ2n) is 4.43. The lowest BCUT2D eigenvalue weighted by Gasteiger charge is -2.18. The molecule has 0 aromatic heterocycles. The molecule has 0 bridgehead atoms. The number of carbonyl (C=O) groups excluding carboxylic acids is 1. The molecule has 3 nitrogen and oxygen atoms in total. The largest absolute Gasteiger partial charge is 0.396 e. The Morgan fingerprint density at radius 1 is 1.37 bits per heavy atom. The molecule has 0 spiro atoms. The van der Waals surface area contributed by atoms with Crippen molar-refractivity contribution in [3.05, 3.63) is 39.9 Å². The van der Waals surface area contributed by atoms with Gasteiger partial charge in [0.25, 0.3) is 0 Å². The number of hydrogen-bond acceptors (Lipinski definition) is 2. The Balaban J connectivity index is 2.69. The van der Waals surface area contributed by atoms with E-state index in [-0.39, 0.29) is 24.5 Å². The molecule has 2 N–H and O–H groups in total. The van der Waals surface area contributed by atoms with E-state index in [1.54, 1.807) is 24.3 Å². The van der Waals surface area contributed by atoms with Gasteiger partial charge >= 0.3 is 0 Å². The number of benzene rings is 1. The van der Waals surface area contributed by atoms with E-state index in [0.29, 0.717) is 15.6 Å². The normalized spacial score (nSPS) is 14.4. The molecule has 0 radical (unpaired) electrons. The smallest absolute Gasteiger partial charge is 0.244 e. The zero-order valence-corrected chi connectivity index (χ0v) is 12.4. The van der Waals surface area contributed by atoms with Crippen molar-refractivity contribution in [1.82, 2.24) is 5.32 Å². The third-order valence-electron chi connectivity index (χ3n) is 2.91. The van der Waals surface area contributed by atoms with Crippen molar-refractivity contribution in [3.63, 3.8) is 0 Å². The van der Waals surface area contributed by atoms with Gasteiger partial charge < -0.3 is 10.4 Å². The first-order chi connectivity index (χ1) is 8.95. The number of aliphatic hydroxyl groups is 1. The predicted molar refractivity (Wildman–Crippen MR) is 79.4 cm³/mol. The fourth-order valence-corrected chi connectivity index (χ4v) is 1.93. The van der Waals surface area contributed by atoms with E-state index in [1.165, 1.54) is 6.08 Å². The first kappa shape index (κ1) is 16.0. The van der Waals surface area contributed by atoms with Crippen molar-refractivity contribution in [2.75, 3.05) is 6.61 Å². The van der Waals surface area contributed by atoms with Crippen LogP contribution in [0.2, 0.25) is 10.0 Å². The van der Waals surface area contributed by atoms with Crippen molar-refractivity contribution >= 4 is 35.2 Å². The lowest BCUT2D eigenvalue weighted by Crippen LogP contribution is -2.37. The number of halogens is 2. The van der Waals surface area contributed by atoms with E-state index in [0.717, 1.165) is 0 Å². The van der Waals surface area contributed by atoms with Gasteiger partial charge in [0.1, 0.15) is 0 Å². The molecule has 1 aromatic carbocycles. The summed E-state index contributed by atoms with van der Waals surface area (Å²) in [6.45, 7) is 3.73. The van der Waals surface area contributed by atoms with Crippen LogP contribution in [0.25, 0.3) is 6.08 Å². The van der Waals surface area contributed by atoms with Crippen LogP contribution in [0.5, 0.6) is 0 Å². The summed E-state index contributed by atoms with van der Waals surface area (Å²) in [5.41, 5.74) is 0.615. The highest BCUT2D eigenvalue weighted by molar-refractivity contribution is 6.37. The summed E-state index contributed by atoms with van der Waals surface area (Å²) in [6, 6.07) is 5.06. The number of rotatable bonds is 5. The minimum atomic E-state index is -0.246. The second-order valence-corrected chi connectivity index (χ2v) is 5.24. The highest BCUT2D eigenvalue weighted by Crippen LogP contribution is 2.25. The maximum absolute atomic E-state index is 11.7. The number of aliphatic hydroxyl groups excluding tert-OH is 1. The van der Waals surface area contributed by atoms with Gasteiger partial charge in [-0.05, 0) is 31.1 Å². The molecule has 2 atom stereocenters. The van der Waals surface area contributed by atoms with Gasteiger partial charge in [0.15, 0.2) is 0 Å². The average Bonchev–Trinajstić information content (AvgIpc) is 2.37.